The Labute approximate surface area is 238 Å². The Balaban J connectivity index is 1.36. The summed E-state index contributed by atoms with van der Waals surface area (Å²) in [6.07, 6.45) is 4.17. The molecule has 6 rings (SSSR count). The number of hydrogen-bond donors (Lipinski definition) is 1. The first-order valence-electron chi connectivity index (χ1n) is 14.2. The van der Waals surface area contributed by atoms with Gasteiger partial charge in [-0.15, -0.1) is 0 Å². The van der Waals surface area contributed by atoms with E-state index >= 15 is 0 Å². The third kappa shape index (κ3) is 5.44. The highest BCUT2D eigenvalue weighted by Crippen LogP contribution is 2.37. The van der Waals surface area contributed by atoms with Crippen molar-refractivity contribution in [3.63, 3.8) is 0 Å². The maximum absolute atomic E-state index is 14.9. The van der Waals surface area contributed by atoms with Crippen molar-refractivity contribution in [3.8, 4) is 0 Å². The third-order valence-electron chi connectivity index (χ3n) is 8.21. The summed E-state index contributed by atoms with van der Waals surface area (Å²) >= 11 is 0. The Morgan fingerprint density at radius 2 is 1.61 bits per heavy atom. The molecule has 1 heterocycles. The van der Waals surface area contributed by atoms with Crippen molar-refractivity contribution >= 4 is 34.2 Å². The lowest BCUT2D eigenvalue weighted by Crippen LogP contribution is -2.54. The summed E-state index contributed by atoms with van der Waals surface area (Å²) in [4.78, 5) is 44.5. The molecule has 1 aliphatic carbocycles. The molecule has 0 radical (unpaired) electrons. The third-order valence-corrected chi connectivity index (χ3v) is 8.21. The second-order valence-electron chi connectivity index (χ2n) is 10.9. The lowest BCUT2D eigenvalue weighted by molar-refractivity contribution is -0.140. The van der Waals surface area contributed by atoms with Crippen LogP contribution in [0.3, 0.4) is 0 Å². The summed E-state index contributed by atoms with van der Waals surface area (Å²) in [5, 5.41) is 4.89. The fourth-order valence-corrected chi connectivity index (χ4v) is 6.09. The topological polar surface area (TPSA) is 69.7 Å². The Morgan fingerprint density at radius 3 is 2.37 bits per heavy atom. The van der Waals surface area contributed by atoms with E-state index in [2.05, 4.69) is 5.32 Å². The van der Waals surface area contributed by atoms with E-state index in [1.54, 1.807) is 24.3 Å². The van der Waals surface area contributed by atoms with E-state index in [4.69, 9.17) is 0 Å². The van der Waals surface area contributed by atoms with Crippen LogP contribution in [0.4, 0.5) is 10.1 Å². The van der Waals surface area contributed by atoms with Crippen LogP contribution in [-0.4, -0.2) is 41.2 Å². The molecular formula is C34H32FN3O3. The fraction of sp³-hybridized carbons (Fsp3) is 0.265. The molecule has 41 heavy (non-hydrogen) atoms. The Hall–Kier alpha value is -4.52. The zero-order chi connectivity index (χ0) is 28.3. The van der Waals surface area contributed by atoms with Crippen LogP contribution in [0.15, 0.2) is 91.0 Å². The molecule has 3 amide bonds. The van der Waals surface area contributed by atoms with Crippen LogP contribution in [0.5, 0.6) is 0 Å². The van der Waals surface area contributed by atoms with E-state index in [0.717, 1.165) is 42.0 Å². The standard InChI is InChI=1S/C34H32FN3O3/c35-28-18-7-4-12-25(28)21-37(30(20-23-10-2-1-3-11-23)33(40)36-26-15-5-6-16-26)31(39)22-38-29-19-9-14-24-13-8-17-27(32(24)29)34(38)41/h1-4,7-14,17-19,26,30H,5-6,15-16,20-22H2,(H,36,40)/t30-/m1/s1. The number of anilines is 1. The summed E-state index contributed by atoms with van der Waals surface area (Å²) < 4.78 is 14.9. The highest BCUT2D eigenvalue weighted by Gasteiger charge is 2.36. The van der Waals surface area contributed by atoms with E-state index in [-0.39, 0.29) is 37.4 Å². The zero-order valence-corrected chi connectivity index (χ0v) is 22.8. The molecule has 4 aromatic carbocycles. The molecule has 1 saturated carbocycles. The fourth-order valence-electron chi connectivity index (χ4n) is 6.09. The minimum atomic E-state index is -0.888. The van der Waals surface area contributed by atoms with E-state index < -0.39 is 17.8 Å². The minimum absolute atomic E-state index is 0.0541. The van der Waals surface area contributed by atoms with Gasteiger partial charge in [-0.2, -0.15) is 0 Å². The molecule has 0 spiro atoms. The van der Waals surface area contributed by atoms with Crippen molar-refractivity contribution in [2.24, 2.45) is 0 Å². The molecule has 2 aliphatic rings. The molecule has 0 saturated heterocycles. The van der Waals surface area contributed by atoms with Gasteiger partial charge in [0.2, 0.25) is 11.8 Å². The van der Waals surface area contributed by atoms with Crippen LogP contribution in [0, 0.1) is 5.82 Å². The summed E-state index contributed by atoms with van der Waals surface area (Å²) in [5.41, 5.74) is 2.41. The quantitative estimate of drug-likeness (QED) is 0.294. The van der Waals surface area contributed by atoms with Gasteiger partial charge in [-0.3, -0.25) is 19.3 Å². The van der Waals surface area contributed by atoms with E-state index in [1.165, 1.54) is 15.9 Å². The highest BCUT2D eigenvalue weighted by atomic mass is 19.1. The molecule has 208 valence electrons. The van der Waals surface area contributed by atoms with Gasteiger partial charge in [0.05, 0.1) is 5.69 Å². The number of rotatable bonds is 9. The predicted molar refractivity (Wildman–Crippen MR) is 157 cm³/mol. The van der Waals surface area contributed by atoms with Gasteiger partial charge < -0.3 is 10.2 Å². The Morgan fingerprint density at radius 1 is 0.902 bits per heavy atom. The van der Waals surface area contributed by atoms with E-state index in [0.29, 0.717) is 16.8 Å². The van der Waals surface area contributed by atoms with Crippen molar-refractivity contribution < 1.29 is 18.8 Å². The molecule has 7 heteroatoms. The average molecular weight is 550 g/mol. The average Bonchev–Trinajstić information content (AvgIpc) is 3.60. The van der Waals surface area contributed by atoms with Gasteiger partial charge in [0.15, 0.2) is 0 Å². The molecule has 6 nitrogen and oxygen atoms in total. The molecular weight excluding hydrogens is 517 g/mol. The number of hydrogen-bond acceptors (Lipinski definition) is 3. The van der Waals surface area contributed by atoms with Gasteiger partial charge in [-0.25, -0.2) is 4.39 Å². The number of nitrogens with zero attached hydrogens (tertiary/aromatic N) is 2. The number of amides is 3. The van der Waals surface area contributed by atoms with Crippen LogP contribution < -0.4 is 10.2 Å². The Kier molecular flexibility index (Phi) is 7.51. The van der Waals surface area contributed by atoms with Gasteiger partial charge in [0.1, 0.15) is 18.4 Å². The number of carbonyl (C=O) groups is 3. The number of benzene rings is 4. The second kappa shape index (κ2) is 11.5. The summed E-state index contributed by atoms with van der Waals surface area (Å²) in [5.74, 6) is -1.39. The van der Waals surface area contributed by atoms with E-state index in [9.17, 15) is 18.8 Å². The first kappa shape index (κ1) is 26.7. The van der Waals surface area contributed by atoms with Crippen molar-refractivity contribution in [2.45, 2.75) is 50.7 Å². The van der Waals surface area contributed by atoms with Crippen molar-refractivity contribution in [2.75, 3.05) is 11.4 Å². The maximum atomic E-state index is 14.9. The summed E-state index contributed by atoms with van der Waals surface area (Å²) in [7, 11) is 0. The Bertz CT molecular complexity index is 1590. The highest BCUT2D eigenvalue weighted by molar-refractivity contribution is 6.26. The largest absolute Gasteiger partial charge is 0.352 e. The summed E-state index contributed by atoms with van der Waals surface area (Å²) in [6.45, 7) is -0.358. The predicted octanol–water partition coefficient (Wildman–Crippen LogP) is 5.64. The molecule has 0 unspecified atom stereocenters. The molecule has 1 aliphatic heterocycles. The van der Waals surface area contributed by atoms with Crippen molar-refractivity contribution in [1.29, 1.82) is 0 Å². The molecule has 0 aromatic heterocycles. The van der Waals surface area contributed by atoms with Gasteiger partial charge in [-0.05, 0) is 42.0 Å². The van der Waals surface area contributed by atoms with Gasteiger partial charge in [0, 0.05) is 35.5 Å². The van der Waals surface area contributed by atoms with Crippen LogP contribution >= 0.6 is 0 Å². The van der Waals surface area contributed by atoms with Crippen LogP contribution in [0.2, 0.25) is 0 Å². The van der Waals surface area contributed by atoms with E-state index in [1.807, 2.05) is 60.7 Å². The lowest BCUT2D eigenvalue weighted by atomic mass is 10.0. The molecule has 4 aromatic rings. The van der Waals surface area contributed by atoms with Crippen LogP contribution in [0.1, 0.15) is 47.2 Å². The maximum Gasteiger partial charge on any atom is 0.259 e. The molecule has 1 fully saturated rings. The van der Waals surface area contributed by atoms with Crippen LogP contribution in [0.25, 0.3) is 10.8 Å². The number of carbonyl (C=O) groups excluding carboxylic acids is 3. The monoisotopic (exact) mass is 549 g/mol. The minimum Gasteiger partial charge on any atom is -0.352 e. The molecule has 1 atom stereocenters. The first-order valence-corrected chi connectivity index (χ1v) is 14.2. The first-order chi connectivity index (χ1) is 20.0. The smallest absolute Gasteiger partial charge is 0.259 e. The summed E-state index contributed by atoms with van der Waals surface area (Å²) in [6, 6.07) is 26.2. The van der Waals surface area contributed by atoms with Crippen molar-refractivity contribution in [3.05, 3.63) is 114 Å². The number of nitrogens with one attached hydrogen (secondary N) is 1. The SMILES string of the molecule is O=C(NC1CCCC1)[C@@H](Cc1ccccc1)N(Cc1ccccc1F)C(=O)CN1C(=O)c2cccc3cccc1c23. The van der Waals surface area contributed by atoms with Crippen LogP contribution in [-0.2, 0) is 22.6 Å². The second-order valence-corrected chi connectivity index (χ2v) is 10.9. The zero-order valence-electron chi connectivity index (χ0n) is 22.8. The van der Waals surface area contributed by atoms with Gasteiger partial charge >= 0.3 is 0 Å². The number of halogens is 1. The normalized spacial score (nSPS) is 15.3. The lowest BCUT2D eigenvalue weighted by Gasteiger charge is -2.33. The molecule has 0 bridgehead atoms. The van der Waals surface area contributed by atoms with Gasteiger partial charge in [-0.1, -0.05) is 85.6 Å². The molecule has 1 N–H and O–H groups in total. The van der Waals surface area contributed by atoms with Crippen molar-refractivity contribution in [1.82, 2.24) is 10.2 Å². The van der Waals surface area contributed by atoms with Gasteiger partial charge in [0.25, 0.3) is 5.91 Å².